The standard InChI is InChI=1S/C15H14N2O4/c1-2-16-14(19)12-7-10(8-13(17-12)15(20)21)9-3-5-11(18)6-4-9/h3-8,18H,2H2,1H3,(H,16,19)(H,20,21). The van der Waals surface area contributed by atoms with Gasteiger partial charge in [0.1, 0.15) is 17.1 Å². The van der Waals surface area contributed by atoms with Crippen LogP contribution in [0, 0.1) is 0 Å². The van der Waals surface area contributed by atoms with Crippen molar-refractivity contribution in [1.82, 2.24) is 10.3 Å². The quantitative estimate of drug-likeness (QED) is 0.797. The Hall–Kier alpha value is -2.89. The van der Waals surface area contributed by atoms with E-state index in [2.05, 4.69) is 10.3 Å². The molecule has 108 valence electrons. The van der Waals surface area contributed by atoms with Crippen molar-refractivity contribution in [2.75, 3.05) is 6.54 Å². The number of nitrogens with one attached hydrogen (secondary N) is 1. The normalized spacial score (nSPS) is 10.1. The minimum Gasteiger partial charge on any atom is -0.508 e. The Kier molecular flexibility index (Phi) is 4.18. The fourth-order valence-corrected chi connectivity index (χ4v) is 1.83. The molecule has 6 nitrogen and oxygen atoms in total. The van der Waals surface area contributed by atoms with Gasteiger partial charge in [-0.1, -0.05) is 12.1 Å². The van der Waals surface area contributed by atoms with Crippen LogP contribution in [0.5, 0.6) is 5.75 Å². The van der Waals surface area contributed by atoms with Gasteiger partial charge >= 0.3 is 5.97 Å². The minimum atomic E-state index is -1.21. The van der Waals surface area contributed by atoms with E-state index < -0.39 is 11.9 Å². The molecule has 0 radical (unpaired) electrons. The van der Waals surface area contributed by atoms with Crippen LogP contribution in [0.15, 0.2) is 36.4 Å². The van der Waals surface area contributed by atoms with Gasteiger partial charge in [-0.15, -0.1) is 0 Å². The third-order valence-corrected chi connectivity index (χ3v) is 2.82. The number of hydrogen-bond acceptors (Lipinski definition) is 4. The van der Waals surface area contributed by atoms with Gasteiger partial charge in [-0.25, -0.2) is 9.78 Å². The SMILES string of the molecule is CCNC(=O)c1cc(-c2ccc(O)cc2)cc(C(=O)O)n1. The molecule has 0 spiro atoms. The average Bonchev–Trinajstić information content (AvgIpc) is 2.47. The minimum absolute atomic E-state index is 0.0415. The molecule has 1 aromatic carbocycles. The molecule has 0 aliphatic heterocycles. The van der Waals surface area contributed by atoms with Crippen molar-refractivity contribution in [2.45, 2.75) is 6.92 Å². The summed E-state index contributed by atoms with van der Waals surface area (Å²) >= 11 is 0. The summed E-state index contributed by atoms with van der Waals surface area (Å²) in [5, 5.41) is 21.0. The van der Waals surface area contributed by atoms with E-state index in [9.17, 15) is 14.7 Å². The number of aromatic carboxylic acids is 1. The van der Waals surface area contributed by atoms with E-state index in [0.29, 0.717) is 17.7 Å². The number of phenolic OH excluding ortho intramolecular Hbond substituents is 1. The van der Waals surface area contributed by atoms with Crippen molar-refractivity contribution in [3.63, 3.8) is 0 Å². The molecule has 0 unspecified atom stereocenters. The van der Waals surface area contributed by atoms with Gasteiger partial charge < -0.3 is 15.5 Å². The van der Waals surface area contributed by atoms with Crippen molar-refractivity contribution in [3.8, 4) is 16.9 Å². The molecule has 0 aliphatic carbocycles. The number of hydrogen-bond donors (Lipinski definition) is 3. The Bertz CT molecular complexity index is 681. The van der Waals surface area contributed by atoms with Crippen LogP contribution in [0.4, 0.5) is 0 Å². The lowest BCUT2D eigenvalue weighted by atomic mass is 10.0. The van der Waals surface area contributed by atoms with Crippen molar-refractivity contribution >= 4 is 11.9 Å². The number of carboxylic acid groups (broad SMARTS) is 1. The van der Waals surface area contributed by atoms with Gasteiger partial charge in [0.25, 0.3) is 5.91 Å². The van der Waals surface area contributed by atoms with E-state index in [0.717, 1.165) is 0 Å². The number of carbonyl (C=O) groups excluding carboxylic acids is 1. The highest BCUT2D eigenvalue weighted by atomic mass is 16.4. The van der Waals surface area contributed by atoms with Crippen molar-refractivity contribution < 1.29 is 19.8 Å². The van der Waals surface area contributed by atoms with Gasteiger partial charge in [0.2, 0.25) is 0 Å². The summed E-state index contributed by atoms with van der Waals surface area (Å²) in [6, 6.07) is 9.15. The van der Waals surface area contributed by atoms with Crippen LogP contribution in [0.2, 0.25) is 0 Å². The Morgan fingerprint density at radius 1 is 1.10 bits per heavy atom. The fraction of sp³-hybridized carbons (Fsp3) is 0.133. The molecule has 1 aromatic heterocycles. The molecule has 0 fully saturated rings. The highest BCUT2D eigenvalue weighted by molar-refractivity contribution is 5.96. The maximum absolute atomic E-state index is 11.9. The second kappa shape index (κ2) is 6.04. The smallest absolute Gasteiger partial charge is 0.354 e. The third-order valence-electron chi connectivity index (χ3n) is 2.82. The van der Waals surface area contributed by atoms with Crippen LogP contribution in [-0.4, -0.2) is 33.6 Å². The number of aromatic nitrogens is 1. The maximum atomic E-state index is 11.9. The van der Waals surface area contributed by atoms with Gasteiger partial charge in [-0.2, -0.15) is 0 Å². The molecule has 0 saturated heterocycles. The Morgan fingerprint density at radius 3 is 2.29 bits per heavy atom. The molecule has 1 amide bonds. The average molecular weight is 286 g/mol. The molecule has 21 heavy (non-hydrogen) atoms. The number of rotatable bonds is 4. The summed E-state index contributed by atoms with van der Waals surface area (Å²) in [6.07, 6.45) is 0. The second-order valence-electron chi connectivity index (χ2n) is 4.34. The summed E-state index contributed by atoms with van der Waals surface area (Å²) in [5.74, 6) is -1.53. The van der Waals surface area contributed by atoms with Gasteiger partial charge in [-0.05, 0) is 42.3 Å². The van der Waals surface area contributed by atoms with Gasteiger partial charge in [-0.3, -0.25) is 4.79 Å². The first-order valence-corrected chi connectivity index (χ1v) is 6.34. The molecule has 2 aromatic rings. The Balaban J connectivity index is 2.52. The number of pyridine rings is 1. The Morgan fingerprint density at radius 2 is 1.71 bits per heavy atom. The van der Waals surface area contributed by atoms with Crippen LogP contribution in [-0.2, 0) is 0 Å². The summed E-state index contributed by atoms with van der Waals surface area (Å²) in [7, 11) is 0. The number of aromatic hydroxyl groups is 1. The van der Waals surface area contributed by atoms with Gasteiger partial charge in [0, 0.05) is 6.54 Å². The molecule has 6 heteroatoms. The zero-order valence-electron chi connectivity index (χ0n) is 11.3. The number of phenols is 1. The topological polar surface area (TPSA) is 99.5 Å². The molecule has 0 aliphatic rings. The number of amides is 1. The number of benzene rings is 1. The molecule has 1 heterocycles. The van der Waals surface area contributed by atoms with E-state index in [1.54, 1.807) is 19.1 Å². The number of carbonyl (C=O) groups is 2. The largest absolute Gasteiger partial charge is 0.508 e. The van der Waals surface area contributed by atoms with Crippen LogP contribution in [0.1, 0.15) is 27.9 Å². The highest BCUT2D eigenvalue weighted by Gasteiger charge is 2.14. The predicted molar refractivity (Wildman–Crippen MR) is 76.3 cm³/mol. The van der Waals surface area contributed by atoms with Crippen molar-refractivity contribution in [2.24, 2.45) is 0 Å². The van der Waals surface area contributed by atoms with Crippen LogP contribution < -0.4 is 5.32 Å². The lowest BCUT2D eigenvalue weighted by molar-refractivity contribution is 0.0690. The van der Waals surface area contributed by atoms with Crippen LogP contribution in [0.25, 0.3) is 11.1 Å². The van der Waals surface area contributed by atoms with Crippen molar-refractivity contribution in [1.29, 1.82) is 0 Å². The number of nitrogens with zero attached hydrogens (tertiary/aromatic N) is 1. The summed E-state index contributed by atoms with van der Waals surface area (Å²) in [5.41, 5.74) is 1.06. The predicted octanol–water partition coefficient (Wildman–Crippen LogP) is 1.90. The number of carboxylic acids is 1. The highest BCUT2D eigenvalue weighted by Crippen LogP contribution is 2.23. The second-order valence-corrected chi connectivity index (χ2v) is 4.34. The van der Waals surface area contributed by atoms with E-state index in [1.807, 2.05) is 0 Å². The fourth-order valence-electron chi connectivity index (χ4n) is 1.83. The zero-order chi connectivity index (χ0) is 15.4. The van der Waals surface area contributed by atoms with Crippen LogP contribution >= 0.6 is 0 Å². The molecular formula is C15H14N2O4. The van der Waals surface area contributed by atoms with Crippen LogP contribution in [0.3, 0.4) is 0 Å². The molecule has 3 N–H and O–H groups in total. The Labute approximate surface area is 121 Å². The van der Waals surface area contributed by atoms with E-state index >= 15 is 0 Å². The molecule has 0 bridgehead atoms. The summed E-state index contributed by atoms with van der Waals surface area (Å²) < 4.78 is 0. The summed E-state index contributed by atoms with van der Waals surface area (Å²) in [4.78, 5) is 26.8. The zero-order valence-corrected chi connectivity index (χ0v) is 11.3. The van der Waals surface area contributed by atoms with Crippen molar-refractivity contribution in [3.05, 3.63) is 47.8 Å². The molecular weight excluding hydrogens is 272 g/mol. The molecule has 2 rings (SSSR count). The molecule has 0 atom stereocenters. The first kappa shape index (κ1) is 14.5. The van der Waals surface area contributed by atoms with E-state index in [4.69, 9.17) is 5.11 Å². The first-order valence-electron chi connectivity index (χ1n) is 6.34. The lowest BCUT2D eigenvalue weighted by Gasteiger charge is -2.07. The molecule has 0 saturated carbocycles. The van der Waals surface area contributed by atoms with Gasteiger partial charge in [0.15, 0.2) is 0 Å². The lowest BCUT2D eigenvalue weighted by Crippen LogP contribution is -2.24. The first-order chi connectivity index (χ1) is 10.0. The van der Waals surface area contributed by atoms with E-state index in [1.165, 1.54) is 24.3 Å². The monoisotopic (exact) mass is 286 g/mol. The summed E-state index contributed by atoms with van der Waals surface area (Å²) in [6.45, 7) is 2.19. The van der Waals surface area contributed by atoms with Gasteiger partial charge in [0.05, 0.1) is 0 Å². The maximum Gasteiger partial charge on any atom is 0.354 e. The van der Waals surface area contributed by atoms with E-state index in [-0.39, 0.29) is 17.1 Å². The third kappa shape index (κ3) is 3.36.